The van der Waals surface area contributed by atoms with Crippen LogP contribution in [0.1, 0.15) is 49.6 Å². The number of imidazole rings is 1. The molecule has 1 N–H and O–H groups in total. The Morgan fingerprint density at radius 1 is 0.829 bits per heavy atom. The molecule has 0 saturated carbocycles. The Balaban J connectivity index is 1.09. The van der Waals surface area contributed by atoms with Crippen molar-refractivity contribution in [2.24, 2.45) is 0 Å². The van der Waals surface area contributed by atoms with Gasteiger partial charge in [0.2, 0.25) is 5.91 Å². The molecule has 5 aromatic rings. The molecule has 210 valence electrons. The monoisotopic (exact) mass is 545 g/mol. The summed E-state index contributed by atoms with van der Waals surface area (Å²) in [5, 5.41) is 3.09. The maximum Gasteiger partial charge on any atom is 0.224 e. The van der Waals surface area contributed by atoms with Crippen LogP contribution in [0.5, 0.6) is 5.75 Å². The predicted molar refractivity (Wildman–Crippen MR) is 167 cm³/mol. The first-order chi connectivity index (χ1) is 20.1. The lowest BCUT2D eigenvalue weighted by Crippen LogP contribution is -2.26. The van der Waals surface area contributed by atoms with Crippen LogP contribution < -0.4 is 10.1 Å². The third-order valence-corrected chi connectivity index (χ3v) is 7.40. The molecular weight excluding hydrogens is 506 g/mol. The highest BCUT2D eigenvalue weighted by atomic mass is 16.5. The fourth-order valence-corrected chi connectivity index (χ4v) is 5.10. The number of para-hydroxylation sites is 2. The van der Waals surface area contributed by atoms with Crippen molar-refractivity contribution in [3.05, 3.63) is 120 Å². The molecule has 1 heterocycles. The number of hydrogen-bond acceptors (Lipinski definition) is 3. The molecule has 1 aromatic heterocycles. The third-order valence-electron chi connectivity index (χ3n) is 7.40. The van der Waals surface area contributed by atoms with Gasteiger partial charge in [0, 0.05) is 19.5 Å². The van der Waals surface area contributed by atoms with Crippen molar-refractivity contribution in [3.63, 3.8) is 0 Å². The molecule has 5 rings (SSSR count). The van der Waals surface area contributed by atoms with Crippen molar-refractivity contribution in [3.8, 4) is 16.9 Å². The summed E-state index contributed by atoms with van der Waals surface area (Å²) in [7, 11) is 0. The first kappa shape index (κ1) is 28.2. The van der Waals surface area contributed by atoms with Gasteiger partial charge in [0.25, 0.3) is 0 Å². The first-order valence-electron chi connectivity index (χ1n) is 14.6. The zero-order chi connectivity index (χ0) is 28.4. The number of rotatable bonds is 13. The number of aromatic nitrogens is 2. The van der Waals surface area contributed by atoms with Gasteiger partial charge in [-0.25, -0.2) is 4.98 Å². The molecular formula is C36H39N3O2. The topological polar surface area (TPSA) is 56.1 Å². The number of fused-ring (bicyclic) bond motifs is 1. The molecule has 5 heteroatoms. The molecule has 0 fully saturated rings. The Bertz CT molecular complexity index is 1540. The van der Waals surface area contributed by atoms with Crippen LogP contribution in [0, 0.1) is 0 Å². The largest absolute Gasteiger partial charge is 0.494 e. The minimum atomic E-state index is 0.0459. The zero-order valence-electron chi connectivity index (χ0n) is 24.1. The summed E-state index contributed by atoms with van der Waals surface area (Å²) < 4.78 is 8.31. The average Bonchev–Trinajstić information content (AvgIpc) is 3.36. The van der Waals surface area contributed by atoms with Crippen molar-refractivity contribution in [2.75, 3.05) is 13.2 Å². The van der Waals surface area contributed by atoms with Gasteiger partial charge in [-0.05, 0) is 65.3 Å². The molecule has 41 heavy (non-hydrogen) atoms. The summed E-state index contributed by atoms with van der Waals surface area (Å²) in [4.78, 5) is 17.5. The highest BCUT2D eigenvalue weighted by molar-refractivity contribution is 5.79. The van der Waals surface area contributed by atoms with Crippen LogP contribution in [0.2, 0.25) is 0 Å². The van der Waals surface area contributed by atoms with Crippen LogP contribution in [0.25, 0.3) is 22.2 Å². The molecule has 0 radical (unpaired) electrons. The van der Waals surface area contributed by atoms with Crippen molar-refractivity contribution >= 4 is 16.9 Å². The molecule has 0 aliphatic rings. The number of aryl methyl sites for hydroxylation is 2. The molecule has 0 atom stereocenters. The smallest absolute Gasteiger partial charge is 0.224 e. The van der Waals surface area contributed by atoms with Crippen LogP contribution >= 0.6 is 0 Å². The van der Waals surface area contributed by atoms with Gasteiger partial charge in [-0.3, -0.25) is 4.79 Å². The normalized spacial score (nSPS) is 11.2. The molecule has 0 spiro atoms. The molecule has 1 amide bonds. The van der Waals surface area contributed by atoms with Gasteiger partial charge in [0.1, 0.15) is 11.6 Å². The maximum absolute atomic E-state index is 12.6. The molecule has 0 aliphatic carbocycles. The Hall–Kier alpha value is -4.38. The second kappa shape index (κ2) is 13.8. The van der Waals surface area contributed by atoms with E-state index in [1.54, 1.807) is 0 Å². The van der Waals surface area contributed by atoms with Crippen LogP contribution in [0.15, 0.2) is 103 Å². The van der Waals surface area contributed by atoms with E-state index in [1.807, 2.05) is 36.4 Å². The maximum atomic E-state index is 12.6. The molecule has 0 bridgehead atoms. The zero-order valence-corrected chi connectivity index (χ0v) is 24.1. The van der Waals surface area contributed by atoms with Gasteiger partial charge < -0.3 is 14.6 Å². The van der Waals surface area contributed by atoms with Crippen LogP contribution in [-0.4, -0.2) is 28.6 Å². The van der Waals surface area contributed by atoms with Crippen LogP contribution in [0.3, 0.4) is 0 Å². The van der Waals surface area contributed by atoms with E-state index in [4.69, 9.17) is 9.72 Å². The molecule has 0 aliphatic heterocycles. The fourth-order valence-electron chi connectivity index (χ4n) is 5.10. The van der Waals surface area contributed by atoms with Crippen molar-refractivity contribution in [2.45, 2.75) is 52.0 Å². The second-order valence-electron chi connectivity index (χ2n) is 10.8. The number of benzene rings is 4. The Kier molecular flexibility index (Phi) is 9.48. The summed E-state index contributed by atoms with van der Waals surface area (Å²) in [6, 6.07) is 35.2. The van der Waals surface area contributed by atoms with E-state index in [0.717, 1.165) is 59.5 Å². The highest BCUT2D eigenvalue weighted by Gasteiger charge is 2.11. The standard InChI is InChI=1S/C36H39N3O2/c1-27(2)29-19-21-32(22-20-29)41-25-9-24-39-34-13-7-6-12-33(34)38-35(39)14-8-23-37-36(40)26-28-15-17-31(18-16-28)30-10-4-3-5-11-30/h3-7,10-13,15-22,27H,8-9,14,23-26H2,1-2H3,(H,37,40). The number of hydrogen-bond donors (Lipinski definition) is 1. The number of ether oxygens (including phenoxy) is 1. The van der Waals surface area contributed by atoms with E-state index in [-0.39, 0.29) is 5.91 Å². The summed E-state index contributed by atoms with van der Waals surface area (Å²) in [6.45, 7) is 6.51. The lowest BCUT2D eigenvalue weighted by molar-refractivity contribution is -0.120. The van der Waals surface area contributed by atoms with E-state index in [1.165, 1.54) is 11.1 Å². The lowest BCUT2D eigenvalue weighted by atomic mass is 10.0. The number of amides is 1. The Morgan fingerprint density at radius 3 is 2.29 bits per heavy atom. The Morgan fingerprint density at radius 2 is 1.54 bits per heavy atom. The van der Waals surface area contributed by atoms with Gasteiger partial charge in [-0.15, -0.1) is 0 Å². The SMILES string of the molecule is CC(C)c1ccc(OCCCn2c(CCCNC(=O)Cc3ccc(-c4ccccc4)cc3)nc3ccccc32)cc1. The van der Waals surface area contributed by atoms with Crippen LogP contribution in [0.4, 0.5) is 0 Å². The lowest BCUT2D eigenvalue weighted by Gasteiger charge is -2.12. The van der Waals surface area contributed by atoms with Gasteiger partial charge >= 0.3 is 0 Å². The number of nitrogens with zero attached hydrogens (tertiary/aromatic N) is 2. The van der Waals surface area contributed by atoms with E-state index >= 15 is 0 Å². The summed E-state index contributed by atoms with van der Waals surface area (Å²) in [6.07, 6.45) is 2.91. The quantitative estimate of drug-likeness (QED) is 0.155. The predicted octanol–water partition coefficient (Wildman–Crippen LogP) is 7.59. The first-order valence-corrected chi connectivity index (χ1v) is 14.6. The van der Waals surface area contributed by atoms with E-state index in [0.29, 0.717) is 25.5 Å². The van der Waals surface area contributed by atoms with Crippen molar-refractivity contribution in [1.82, 2.24) is 14.9 Å². The Labute approximate surface area is 243 Å². The average molecular weight is 546 g/mol. The van der Waals surface area contributed by atoms with Crippen LogP contribution in [-0.2, 0) is 24.2 Å². The molecule has 0 unspecified atom stereocenters. The molecule has 0 saturated heterocycles. The van der Waals surface area contributed by atoms with Gasteiger partial charge in [0.15, 0.2) is 0 Å². The minimum absolute atomic E-state index is 0.0459. The fraction of sp³-hybridized carbons (Fsp3) is 0.278. The third kappa shape index (κ3) is 7.63. The van der Waals surface area contributed by atoms with E-state index in [9.17, 15) is 4.79 Å². The van der Waals surface area contributed by atoms with Crippen molar-refractivity contribution < 1.29 is 9.53 Å². The second-order valence-corrected chi connectivity index (χ2v) is 10.8. The number of carbonyl (C=O) groups is 1. The van der Waals surface area contributed by atoms with E-state index in [2.05, 4.69) is 90.5 Å². The van der Waals surface area contributed by atoms with Gasteiger partial charge in [-0.2, -0.15) is 0 Å². The summed E-state index contributed by atoms with van der Waals surface area (Å²) >= 11 is 0. The van der Waals surface area contributed by atoms with Gasteiger partial charge in [-0.1, -0.05) is 92.7 Å². The highest BCUT2D eigenvalue weighted by Crippen LogP contribution is 2.21. The number of carbonyl (C=O) groups excluding carboxylic acids is 1. The van der Waals surface area contributed by atoms with Crippen molar-refractivity contribution in [1.29, 1.82) is 0 Å². The molecule has 5 nitrogen and oxygen atoms in total. The molecule has 4 aromatic carbocycles. The summed E-state index contributed by atoms with van der Waals surface area (Å²) in [5.41, 5.74) is 6.83. The minimum Gasteiger partial charge on any atom is -0.494 e. The number of nitrogens with one attached hydrogen (secondary N) is 1. The van der Waals surface area contributed by atoms with E-state index < -0.39 is 0 Å². The van der Waals surface area contributed by atoms with Gasteiger partial charge in [0.05, 0.1) is 24.1 Å². The summed E-state index contributed by atoms with van der Waals surface area (Å²) in [5.74, 6) is 2.53.